The second kappa shape index (κ2) is 10.6. The molecule has 0 spiro atoms. The lowest BCUT2D eigenvalue weighted by atomic mass is 9.94. The van der Waals surface area contributed by atoms with Crippen LogP contribution in [0.5, 0.6) is 6.01 Å². The summed E-state index contributed by atoms with van der Waals surface area (Å²) in [4.78, 5) is 14.5. The van der Waals surface area contributed by atoms with E-state index in [9.17, 15) is 5.26 Å². The Hall–Kier alpha value is -3.25. The number of likely N-dealkylation sites (tertiary alicyclic amines) is 1. The number of nitriles is 1. The van der Waals surface area contributed by atoms with Crippen LogP contribution in [0, 0.1) is 11.3 Å². The van der Waals surface area contributed by atoms with Crippen molar-refractivity contribution in [1.29, 1.82) is 5.26 Å². The lowest BCUT2D eigenvalue weighted by Gasteiger charge is -2.36. The van der Waals surface area contributed by atoms with Gasteiger partial charge in [0, 0.05) is 43.7 Å². The average molecular weight is 499 g/mol. The molecule has 0 bridgehead atoms. The first-order valence-corrected chi connectivity index (χ1v) is 13.4. The van der Waals surface area contributed by atoms with Gasteiger partial charge in [0.2, 0.25) is 0 Å². The molecular weight excluding hydrogens is 464 g/mol. The molecule has 0 aliphatic carbocycles. The van der Waals surface area contributed by atoms with Crippen LogP contribution < -0.4 is 15.0 Å². The Morgan fingerprint density at radius 1 is 1.16 bits per heavy atom. The molecule has 8 heteroatoms. The zero-order valence-corrected chi connectivity index (χ0v) is 21.4. The summed E-state index contributed by atoms with van der Waals surface area (Å²) < 4.78 is 12.7. The monoisotopic (exact) mass is 498 g/mol. The Labute approximate surface area is 218 Å². The Morgan fingerprint density at radius 2 is 2.05 bits per heavy atom. The molecule has 2 aromatic carbocycles. The summed E-state index contributed by atoms with van der Waals surface area (Å²) in [5.41, 5.74) is 3.23. The summed E-state index contributed by atoms with van der Waals surface area (Å²) in [5, 5.41) is 15.1. The number of rotatable bonds is 6. The third-order valence-corrected chi connectivity index (χ3v) is 8.00. The number of hydrogen-bond acceptors (Lipinski definition) is 8. The lowest BCUT2D eigenvalue weighted by Crippen LogP contribution is -2.51. The minimum atomic E-state index is -0.0791. The zero-order chi connectivity index (χ0) is 25.2. The van der Waals surface area contributed by atoms with E-state index in [0.29, 0.717) is 38.1 Å². The highest BCUT2D eigenvalue weighted by Gasteiger charge is 2.31. The van der Waals surface area contributed by atoms with Gasteiger partial charge in [0.15, 0.2) is 0 Å². The quantitative estimate of drug-likeness (QED) is 0.552. The predicted molar refractivity (Wildman–Crippen MR) is 143 cm³/mol. The number of ether oxygens (including phenoxy) is 2. The molecular formula is C29H34N6O2. The van der Waals surface area contributed by atoms with Crippen LogP contribution in [-0.4, -0.2) is 66.8 Å². The predicted octanol–water partition coefficient (Wildman–Crippen LogP) is 3.61. The Kier molecular flexibility index (Phi) is 6.92. The van der Waals surface area contributed by atoms with Crippen LogP contribution in [0.25, 0.3) is 10.8 Å². The maximum Gasteiger partial charge on any atom is 0.318 e. The van der Waals surface area contributed by atoms with Gasteiger partial charge in [0.05, 0.1) is 30.9 Å². The van der Waals surface area contributed by atoms with Gasteiger partial charge in [0.1, 0.15) is 12.4 Å². The number of aromatic nitrogens is 2. The number of nitrogens with one attached hydrogen (secondary N) is 1. The zero-order valence-electron chi connectivity index (χ0n) is 21.4. The maximum atomic E-state index is 9.24. The number of nitrogens with zero attached hydrogens (tertiary/aromatic N) is 5. The molecule has 3 atom stereocenters. The van der Waals surface area contributed by atoms with E-state index < -0.39 is 0 Å². The number of piperazine rings is 1. The number of likely N-dealkylation sites (N-methyl/N-ethyl adjacent to an activating group) is 1. The molecule has 2 saturated heterocycles. The van der Waals surface area contributed by atoms with Crippen LogP contribution in [0.4, 0.5) is 5.82 Å². The summed E-state index contributed by atoms with van der Waals surface area (Å²) in [7, 11) is 2.16. The standard InChI is InChI=1S/C29H34N6O2/c1-34-14-5-8-22(34)18-37-29-32-26-16-27(24-10-4-7-20-6-2-3-9-23(20)24)36-19-25(26)28(33-29)35-15-13-31-21(17-35)11-12-30/h2-4,6-7,9-10,21-22,27,31H,5,8,11,13-19H2,1H3/t21-,22-,27?/m0/s1. The highest BCUT2D eigenvalue weighted by Crippen LogP contribution is 2.37. The van der Waals surface area contributed by atoms with Crippen molar-refractivity contribution in [1.82, 2.24) is 20.2 Å². The van der Waals surface area contributed by atoms with Crippen LogP contribution >= 0.6 is 0 Å². The molecule has 8 nitrogen and oxygen atoms in total. The number of fused-ring (bicyclic) bond motifs is 2. The molecule has 1 N–H and O–H groups in total. The fraction of sp³-hybridized carbons (Fsp3) is 0.483. The highest BCUT2D eigenvalue weighted by atomic mass is 16.5. The van der Waals surface area contributed by atoms with Gasteiger partial charge in [-0.15, -0.1) is 0 Å². The van der Waals surface area contributed by atoms with Gasteiger partial charge >= 0.3 is 6.01 Å². The molecule has 6 rings (SSSR count). The molecule has 1 unspecified atom stereocenters. The number of hydrogen-bond donors (Lipinski definition) is 1. The topological polar surface area (TPSA) is 86.5 Å². The maximum absolute atomic E-state index is 9.24. The molecule has 3 aliphatic rings. The Bertz CT molecular complexity index is 1300. The van der Waals surface area contributed by atoms with E-state index in [1.165, 1.54) is 22.8 Å². The van der Waals surface area contributed by atoms with E-state index >= 15 is 0 Å². The molecule has 3 aromatic rings. The highest BCUT2D eigenvalue weighted by molar-refractivity contribution is 5.86. The van der Waals surface area contributed by atoms with E-state index in [1.807, 2.05) is 0 Å². The van der Waals surface area contributed by atoms with Crippen LogP contribution in [0.2, 0.25) is 0 Å². The minimum Gasteiger partial charge on any atom is -0.462 e. The number of anilines is 1. The van der Waals surface area contributed by atoms with Crippen molar-refractivity contribution in [3.05, 3.63) is 59.3 Å². The van der Waals surface area contributed by atoms with Crippen LogP contribution in [0.15, 0.2) is 42.5 Å². The molecule has 192 valence electrons. The van der Waals surface area contributed by atoms with E-state index in [2.05, 4.69) is 70.7 Å². The van der Waals surface area contributed by atoms with Crippen molar-refractivity contribution in [3.8, 4) is 12.1 Å². The molecule has 0 radical (unpaired) electrons. The van der Waals surface area contributed by atoms with Crippen molar-refractivity contribution >= 4 is 16.6 Å². The summed E-state index contributed by atoms with van der Waals surface area (Å²) in [6.45, 7) is 4.52. The van der Waals surface area contributed by atoms with Crippen LogP contribution in [0.3, 0.4) is 0 Å². The summed E-state index contributed by atoms with van der Waals surface area (Å²) in [6.07, 6.45) is 3.40. The lowest BCUT2D eigenvalue weighted by molar-refractivity contribution is 0.0265. The van der Waals surface area contributed by atoms with Crippen molar-refractivity contribution in [2.45, 2.75) is 50.5 Å². The van der Waals surface area contributed by atoms with Crippen LogP contribution in [-0.2, 0) is 17.8 Å². The number of benzene rings is 2. The summed E-state index contributed by atoms with van der Waals surface area (Å²) in [5.74, 6) is 0.889. The van der Waals surface area contributed by atoms with Gasteiger partial charge in [-0.1, -0.05) is 42.5 Å². The van der Waals surface area contributed by atoms with Crippen molar-refractivity contribution in [2.24, 2.45) is 0 Å². The van der Waals surface area contributed by atoms with Gasteiger partial charge in [-0.3, -0.25) is 0 Å². The average Bonchev–Trinajstić information content (AvgIpc) is 3.35. The van der Waals surface area contributed by atoms with Gasteiger partial charge in [-0.2, -0.15) is 15.2 Å². The van der Waals surface area contributed by atoms with Gasteiger partial charge in [-0.05, 0) is 42.8 Å². The van der Waals surface area contributed by atoms with E-state index in [1.54, 1.807) is 0 Å². The molecule has 0 amide bonds. The molecule has 37 heavy (non-hydrogen) atoms. The Morgan fingerprint density at radius 3 is 2.92 bits per heavy atom. The van der Waals surface area contributed by atoms with Crippen LogP contribution in [0.1, 0.15) is 42.2 Å². The largest absolute Gasteiger partial charge is 0.462 e. The third kappa shape index (κ3) is 4.99. The summed E-state index contributed by atoms with van der Waals surface area (Å²) in [6, 6.07) is 18.1. The van der Waals surface area contributed by atoms with Gasteiger partial charge < -0.3 is 24.6 Å². The van der Waals surface area contributed by atoms with E-state index in [0.717, 1.165) is 49.7 Å². The fourth-order valence-corrected chi connectivity index (χ4v) is 5.91. The molecule has 0 saturated carbocycles. The minimum absolute atomic E-state index is 0.0791. The second-order valence-corrected chi connectivity index (χ2v) is 10.4. The van der Waals surface area contributed by atoms with Gasteiger partial charge in [0.25, 0.3) is 0 Å². The Balaban J connectivity index is 1.32. The van der Waals surface area contributed by atoms with Crippen molar-refractivity contribution in [3.63, 3.8) is 0 Å². The first-order chi connectivity index (χ1) is 18.2. The first-order valence-electron chi connectivity index (χ1n) is 13.4. The van der Waals surface area contributed by atoms with Crippen molar-refractivity contribution < 1.29 is 9.47 Å². The normalized spacial score (nSPS) is 24.1. The second-order valence-electron chi connectivity index (χ2n) is 10.4. The summed E-state index contributed by atoms with van der Waals surface area (Å²) >= 11 is 0. The molecule has 4 heterocycles. The van der Waals surface area contributed by atoms with E-state index in [-0.39, 0.29) is 12.1 Å². The van der Waals surface area contributed by atoms with E-state index in [4.69, 9.17) is 19.4 Å². The molecule has 3 aliphatic heterocycles. The first kappa shape index (κ1) is 24.1. The fourth-order valence-electron chi connectivity index (χ4n) is 5.91. The third-order valence-electron chi connectivity index (χ3n) is 8.00. The molecule has 2 fully saturated rings. The molecule has 1 aromatic heterocycles. The van der Waals surface area contributed by atoms with Gasteiger partial charge in [-0.25, -0.2) is 0 Å². The smallest absolute Gasteiger partial charge is 0.318 e. The SMILES string of the molecule is CN1CCC[C@H]1COc1nc2c(c(N3CCN[C@@H](CC#N)C3)n1)COC(c1cccc3ccccc13)C2. The van der Waals surface area contributed by atoms with Crippen molar-refractivity contribution in [2.75, 3.05) is 44.7 Å².